The molecule has 8 heteroatoms. The minimum atomic E-state index is -3.68. The Morgan fingerprint density at radius 3 is 2.35 bits per heavy atom. The lowest BCUT2D eigenvalue weighted by molar-refractivity contribution is 0.391. The summed E-state index contributed by atoms with van der Waals surface area (Å²) >= 11 is 2.96. The van der Waals surface area contributed by atoms with Gasteiger partial charge in [0.1, 0.15) is 5.82 Å². The van der Waals surface area contributed by atoms with E-state index in [9.17, 15) is 12.8 Å². The van der Waals surface area contributed by atoms with E-state index < -0.39 is 21.4 Å². The van der Waals surface area contributed by atoms with Crippen molar-refractivity contribution >= 4 is 38.4 Å². The summed E-state index contributed by atoms with van der Waals surface area (Å²) < 4.78 is 39.8. The molecule has 1 rings (SSSR count). The van der Waals surface area contributed by atoms with Crippen LogP contribution in [0.2, 0.25) is 0 Å². The van der Waals surface area contributed by atoms with Gasteiger partial charge in [0.25, 0.3) is 0 Å². The molecular formula is C12H19BrClFN2O2S. The van der Waals surface area contributed by atoms with Crippen LogP contribution < -0.4 is 10.5 Å². The highest BCUT2D eigenvalue weighted by molar-refractivity contribution is 9.10. The lowest BCUT2D eigenvalue weighted by atomic mass is 9.95. The fourth-order valence-electron chi connectivity index (χ4n) is 1.47. The average molecular weight is 390 g/mol. The normalized spacial score (nSPS) is 12.1. The summed E-state index contributed by atoms with van der Waals surface area (Å²) in [6.07, 6.45) is 1.33. The van der Waals surface area contributed by atoms with Crippen molar-refractivity contribution in [3.8, 4) is 0 Å². The van der Waals surface area contributed by atoms with Crippen molar-refractivity contribution in [1.82, 2.24) is 4.72 Å². The van der Waals surface area contributed by atoms with Crippen LogP contribution in [0.15, 0.2) is 27.6 Å². The molecule has 0 aliphatic heterocycles. The van der Waals surface area contributed by atoms with E-state index in [4.69, 9.17) is 5.73 Å². The average Bonchev–Trinajstić information content (AvgIpc) is 2.39. The van der Waals surface area contributed by atoms with Crippen LogP contribution in [0.4, 0.5) is 4.39 Å². The van der Waals surface area contributed by atoms with Gasteiger partial charge in [-0.05, 0) is 47.0 Å². The summed E-state index contributed by atoms with van der Waals surface area (Å²) in [5, 5.41) is 0. The number of hydrogen-bond donors (Lipinski definition) is 2. The van der Waals surface area contributed by atoms with Gasteiger partial charge in [0.2, 0.25) is 10.0 Å². The number of rotatable bonds is 6. The third-order valence-electron chi connectivity index (χ3n) is 3.22. The lowest BCUT2D eigenvalue weighted by Gasteiger charge is -2.26. The molecule has 116 valence electrons. The maximum Gasteiger partial charge on any atom is 0.240 e. The highest BCUT2D eigenvalue weighted by atomic mass is 79.9. The molecule has 1 aromatic carbocycles. The molecule has 1 aromatic rings. The second-order valence-corrected chi connectivity index (χ2v) is 7.09. The van der Waals surface area contributed by atoms with E-state index in [1.54, 1.807) is 0 Å². The summed E-state index contributed by atoms with van der Waals surface area (Å²) in [5.74, 6) is -0.505. The van der Waals surface area contributed by atoms with Gasteiger partial charge in [0, 0.05) is 12.1 Å². The molecule has 20 heavy (non-hydrogen) atoms. The third kappa shape index (κ3) is 4.96. The molecule has 0 spiro atoms. The van der Waals surface area contributed by atoms with Gasteiger partial charge >= 0.3 is 0 Å². The van der Waals surface area contributed by atoms with Gasteiger partial charge in [-0.15, -0.1) is 12.4 Å². The molecule has 0 aliphatic carbocycles. The molecule has 0 radical (unpaired) electrons. The SMILES string of the molecule is CCC(N)(CC)CNS(=O)(=O)c1ccc(F)c(Br)c1.Cl. The molecule has 3 N–H and O–H groups in total. The van der Waals surface area contributed by atoms with Gasteiger partial charge < -0.3 is 5.73 Å². The van der Waals surface area contributed by atoms with Crippen LogP contribution in [0, 0.1) is 5.82 Å². The maximum absolute atomic E-state index is 13.1. The first-order valence-corrected chi connectivity index (χ1v) is 8.25. The number of nitrogens with two attached hydrogens (primary N) is 1. The minimum Gasteiger partial charge on any atom is -0.324 e. The topological polar surface area (TPSA) is 72.2 Å². The lowest BCUT2D eigenvalue weighted by Crippen LogP contribution is -2.49. The van der Waals surface area contributed by atoms with Gasteiger partial charge in [-0.2, -0.15) is 0 Å². The van der Waals surface area contributed by atoms with Crippen molar-refractivity contribution in [3.05, 3.63) is 28.5 Å². The van der Waals surface area contributed by atoms with Crippen LogP contribution in [0.5, 0.6) is 0 Å². The van der Waals surface area contributed by atoms with Crippen LogP contribution in [0.25, 0.3) is 0 Å². The standard InChI is InChI=1S/C12H18BrFN2O2S.ClH/c1-3-12(15,4-2)8-16-19(17,18)9-5-6-11(14)10(13)7-9;/h5-7,16H,3-4,8,15H2,1-2H3;1H. The summed E-state index contributed by atoms with van der Waals surface area (Å²) in [4.78, 5) is 0.00957. The Hall–Kier alpha value is -0.210. The molecule has 0 atom stereocenters. The Bertz CT molecular complexity index is 550. The zero-order valence-corrected chi connectivity index (χ0v) is 14.5. The predicted molar refractivity (Wildman–Crippen MR) is 84.0 cm³/mol. The Morgan fingerprint density at radius 1 is 1.35 bits per heavy atom. The van der Waals surface area contributed by atoms with Crippen LogP contribution >= 0.6 is 28.3 Å². The second-order valence-electron chi connectivity index (χ2n) is 4.47. The number of hydrogen-bond acceptors (Lipinski definition) is 3. The Balaban J connectivity index is 0.00000361. The summed E-state index contributed by atoms with van der Waals surface area (Å²) in [6, 6.07) is 3.56. The summed E-state index contributed by atoms with van der Waals surface area (Å²) in [7, 11) is -3.68. The van der Waals surface area contributed by atoms with Crippen LogP contribution in [0.3, 0.4) is 0 Å². The molecule has 0 amide bonds. The second kappa shape index (κ2) is 7.70. The van der Waals surface area contributed by atoms with E-state index in [2.05, 4.69) is 20.7 Å². The van der Waals surface area contributed by atoms with Gasteiger partial charge in [-0.3, -0.25) is 0 Å². The number of halogens is 3. The molecule has 0 aromatic heterocycles. The molecule has 0 saturated carbocycles. The molecule has 0 unspecified atom stereocenters. The molecule has 0 saturated heterocycles. The van der Waals surface area contributed by atoms with Crippen molar-refractivity contribution in [2.24, 2.45) is 5.73 Å². The van der Waals surface area contributed by atoms with Crippen LogP contribution in [-0.4, -0.2) is 20.5 Å². The van der Waals surface area contributed by atoms with Gasteiger partial charge in [0.05, 0.1) is 9.37 Å². The van der Waals surface area contributed by atoms with E-state index in [0.717, 1.165) is 6.07 Å². The molecule has 4 nitrogen and oxygen atoms in total. The molecule has 0 aliphatic rings. The smallest absolute Gasteiger partial charge is 0.240 e. The Kier molecular flexibility index (Phi) is 7.62. The Labute approximate surface area is 133 Å². The van der Waals surface area contributed by atoms with Crippen LogP contribution in [-0.2, 0) is 10.0 Å². The van der Waals surface area contributed by atoms with E-state index in [1.165, 1.54) is 12.1 Å². The predicted octanol–water partition coefficient (Wildman–Crippen LogP) is 2.81. The van der Waals surface area contributed by atoms with Crippen molar-refractivity contribution in [2.75, 3.05) is 6.54 Å². The van der Waals surface area contributed by atoms with Crippen molar-refractivity contribution in [3.63, 3.8) is 0 Å². The number of sulfonamides is 1. The molecular weight excluding hydrogens is 371 g/mol. The minimum absolute atomic E-state index is 0. The van der Waals surface area contributed by atoms with Crippen molar-refractivity contribution in [2.45, 2.75) is 37.1 Å². The monoisotopic (exact) mass is 388 g/mol. The molecule has 0 fully saturated rings. The summed E-state index contributed by atoms with van der Waals surface area (Å²) in [6.45, 7) is 3.97. The van der Waals surface area contributed by atoms with E-state index in [-0.39, 0.29) is 28.3 Å². The van der Waals surface area contributed by atoms with Gasteiger partial charge in [-0.25, -0.2) is 17.5 Å². The van der Waals surface area contributed by atoms with Gasteiger partial charge in [0.15, 0.2) is 0 Å². The largest absolute Gasteiger partial charge is 0.324 e. The quantitative estimate of drug-likeness (QED) is 0.786. The fourth-order valence-corrected chi connectivity index (χ4v) is 3.16. The first-order valence-electron chi connectivity index (χ1n) is 5.97. The van der Waals surface area contributed by atoms with Crippen LogP contribution in [0.1, 0.15) is 26.7 Å². The highest BCUT2D eigenvalue weighted by Gasteiger charge is 2.24. The van der Waals surface area contributed by atoms with Gasteiger partial charge in [-0.1, -0.05) is 13.8 Å². The molecule has 0 bridgehead atoms. The zero-order valence-electron chi connectivity index (χ0n) is 11.3. The highest BCUT2D eigenvalue weighted by Crippen LogP contribution is 2.20. The van der Waals surface area contributed by atoms with Crippen molar-refractivity contribution in [1.29, 1.82) is 0 Å². The van der Waals surface area contributed by atoms with E-state index in [0.29, 0.717) is 12.8 Å². The number of nitrogens with one attached hydrogen (secondary N) is 1. The van der Waals surface area contributed by atoms with E-state index >= 15 is 0 Å². The number of benzene rings is 1. The first-order chi connectivity index (χ1) is 8.74. The third-order valence-corrected chi connectivity index (χ3v) is 5.23. The first kappa shape index (κ1) is 19.8. The van der Waals surface area contributed by atoms with Crippen molar-refractivity contribution < 1.29 is 12.8 Å². The van der Waals surface area contributed by atoms with E-state index in [1.807, 2.05) is 13.8 Å². The fraction of sp³-hybridized carbons (Fsp3) is 0.500. The maximum atomic E-state index is 13.1. The summed E-state index contributed by atoms with van der Waals surface area (Å²) in [5.41, 5.74) is 5.47. The molecule has 0 heterocycles. The zero-order chi connectivity index (χ0) is 14.7. The Morgan fingerprint density at radius 2 is 1.90 bits per heavy atom.